The van der Waals surface area contributed by atoms with Crippen molar-refractivity contribution in [2.45, 2.75) is 47.1 Å². The number of rotatable bonds is 5. The number of hydrogen-bond donors (Lipinski definition) is 1. The monoisotopic (exact) mass is 372 g/mol. The number of nitrogen functional groups attached to an aromatic ring is 1. The van der Waals surface area contributed by atoms with Crippen LogP contribution in [-0.2, 0) is 19.4 Å². The van der Waals surface area contributed by atoms with Crippen molar-refractivity contribution in [2.24, 2.45) is 0 Å². The highest BCUT2D eigenvalue weighted by Gasteiger charge is 2.19. The molecule has 0 fully saturated rings. The fourth-order valence-electron chi connectivity index (χ4n) is 3.10. The van der Waals surface area contributed by atoms with Gasteiger partial charge in [0.25, 0.3) is 0 Å². The Kier molecular flexibility index (Phi) is 10.3. The van der Waals surface area contributed by atoms with E-state index in [9.17, 15) is 0 Å². The zero-order chi connectivity index (χ0) is 20.2. The molecule has 1 heterocycles. The summed E-state index contributed by atoms with van der Waals surface area (Å²) in [6.07, 6.45) is 2.10. The fraction of sp³-hybridized carbons (Fsp3) is 0.478. The number of methoxy groups -OCH3 is 2. The average Bonchev–Trinajstić information content (AvgIpc) is 2.75. The number of fused-ring (bicyclic) bond motifs is 1. The smallest absolute Gasteiger partial charge is 0.161 e. The molecule has 1 aliphatic heterocycles. The second kappa shape index (κ2) is 12.2. The number of ether oxygens (including phenoxy) is 2. The molecule has 1 aliphatic rings. The lowest BCUT2D eigenvalue weighted by Gasteiger charge is -2.29. The van der Waals surface area contributed by atoms with Crippen molar-refractivity contribution in [3.8, 4) is 11.5 Å². The van der Waals surface area contributed by atoms with E-state index in [0.29, 0.717) is 0 Å². The van der Waals surface area contributed by atoms with Gasteiger partial charge >= 0.3 is 0 Å². The lowest BCUT2D eigenvalue weighted by molar-refractivity contribution is 0.255. The van der Waals surface area contributed by atoms with Crippen LogP contribution in [-0.4, -0.2) is 32.2 Å². The van der Waals surface area contributed by atoms with E-state index >= 15 is 0 Å². The second-order valence-electron chi connectivity index (χ2n) is 5.99. The maximum Gasteiger partial charge on any atom is 0.161 e. The van der Waals surface area contributed by atoms with Gasteiger partial charge in [-0.1, -0.05) is 39.8 Å². The predicted molar refractivity (Wildman–Crippen MR) is 116 cm³/mol. The molecule has 150 valence electrons. The largest absolute Gasteiger partial charge is 0.493 e. The van der Waals surface area contributed by atoms with Crippen LogP contribution in [0.15, 0.2) is 36.4 Å². The molecule has 2 N–H and O–H groups in total. The topological polar surface area (TPSA) is 47.7 Å². The highest BCUT2D eigenvalue weighted by atomic mass is 16.5. The van der Waals surface area contributed by atoms with Crippen LogP contribution in [0.25, 0.3) is 0 Å². The van der Waals surface area contributed by atoms with Crippen molar-refractivity contribution in [1.82, 2.24) is 4.90 Å². The lowest BCUT2D eigenvalue weighted by Crippen LogP contribution is -2.32. The molecule has 0 aliphatic carbocycles. The molecule has 4 nitrogen and oxygen atoms in total. The minimum absolute atomic E-state index is 0.812. The van der Waals surface area contributed by atoms with E-state index in [1.165, 1.54) is 16.7 Å². The second-order valence-corrected chi connectivity index (χ2v) is 5.99. The summed E-state index contributed by atoms with van der Waals surface area (Å²) >= 11 is 0. The average molecular weight is 373 g/mol. The SMILES string of the molecule is CC.CC.COc1cc2c(cc1OC)CN(CCc1ccc(N)cc1)CC2. The van der Waals surface area contributed by atoms with Crippen LogP contribution in [0, 0.1) is 0 Å². The Morgan fingerprint density at radius 2 is 1.44 bits per heavy atom. The highest BCUT2D eigenvalue weighted by Crippen LogP contribution is 2.33. The maximum absolute atomic E-state index is 5.74. The molecule has 0 bridgehead atoms. The summed E-state index contributed by atoms with van der Waals surface area (Å²) in [5.74, 6) is 1.63. The Morgan fingerprint density at radius 3 is 2.00 bits per heavy atom. The summed E-state index contributed by atoms with van der Waals surface area (Å²) in [6, 6.07) is 12.4. The van der Waals surface area contributed by atoms with Gasteiger partial charge in [0.15, 0.2) is 11.5 Å². The maximum atomic E-state index is 5.74. The first kappa shape index (κ1) is 22.8. The summed E-state index contributed by atoms with van der Waals surface area (Å²) in [7, 11) is 3.37. The van der Waals surface area contributed by atoms with Gasteiger partial charge in [0.1, 0.15) is 0 Å². The van der Waals surface area contributed by atoms with Gasteiger partial charge in [-0.05, 0) is 53.8 Å². The molecule has 4 heteroatoms. The number of nitrogens with zero attached hydrogens (tertiary/aromatic N) is 1. The third-order valence-corrected chi connectivity index (χ3v) is 4.49. The molecule has 0 aromatic heterocycles. The summed E-state index contributed by atoms with van der Waals surface area (Å²) in [5, 5.41) is 0. The molecule has 0 unspecified atom stereocenters. The molecule has 2 aromatic carbocycles. The van der Waals surface area contributed by atoms with Gasteiger partial charge < -0.3 is 15.2 Å². The first-order valence-electron chi connectivity index (χ1n) is 10.00. The molecule has 3 rings (SSSR count). The van der Waals surface area contributed by atoms with Crippen molar-refractivity contribution in [1.29, 1.82) is 0 Å². The summed E-state index contributed by atoms with van der Waals surface area (Å²) in [5.41, 5.74) is 10.6. The van der Waals surface area contributed by atoms with Gasteiger partial charge in [0, 0.05) is 25.3 Å². The predicted octanol–water partition coefficient (Wildman–Crippen LogP) is 4.94. The molecule has 2 aromatic rings. The van der Waals surface area contributed by atoms with Crippen LogP contribution in [0.2, 0.25) is 0 Å². The fourth-order valence-corrected chi connectivity index (χ4v) is 3.10. The van der Waals surface area contributed by atoms with E-state index in [4.69, 9.17) is 15.2 Å². The number of nitrogens with two attached hydrogens (primary N) is 1. The first-order valence-corrected chi connectivity index (χ1v) is 10.00. The molecule has 0 saturated carbocycles. The van der Waals surface area contributed by atoms with Crippen LogP contribution >= 0.6 is 0 Å². The van der Waals surface area contributed by atoms with Crippen LogP contribution < -0.4 is 15.2 Å². The van der Waals surface area contributed by atoms with E-state index in [1.807, 2.05) is 39.8 Å². The van der Waals surface area contributed by atoms with Crippen molar-refractivity contribution < 1.29 is 9.47 Å². The number of hydrogen-bond acceptors (Lipinski definition) is 4. The zero-order valence-corrected chi connectivity index (χ0v) is 17.8. The number of benzene rings is 2. The van der Waals surface area contributed by atoms with Gasteiger partial charge in [0.05, 0.1) is 14.2 Å². The Bertz CT molecular complexity index is 669. The van der Waals surface area contributed by atoms with Crippen molar-refractivity contribution >= 4 is 5.69 Å². The Labute approximate surface area is 165 Å². The lowest BCUT2D eigenvalue weighted by atomic mass is 9.98. The zero-order valence-electron chi connectivity index (χ0n) is 17.8. The minimum Gasteiger partial charge on any atom is -0.493 e. The van der Waals surface area contributed by atoms with Crippen molar-refractivity contribution in [2.75, 3.05) is 33.0 Å². The Hall–Kier alpha value is -2.20. The van der Waals surface area contributed by atoms with Gasteiger partial charge in [-0.2, -0.15) is 0 Å². The van der Waals surface area contributed by atoms with E-state index < -0.39 is 0 Å². The van der Waals surface area contributed by atoms with Crippen molar-refractivity contribution in [3.05, 3.63) is 53.1 Å². The van der Waals surface area contributed by atoms with Crippen molar-refractivity contribution in [3.63, 3.8) is 0 Å². The molecule has 0 spiro atoms. The number of anilines is 1. The molecule has 0 saturated heterocycles. The van der Waals surface area contributed by atoms with Gasteiger partial charge in [-0.3, -0.25) is 4.90 Å². The van der Waals surface area contributed by atoms with Crippen LogP contribution in [0.4, 0.5) is 5.69 Å². The molecule has 0 atom stereocenters. The Balaban J connectivity index is 0.000000855. The summed E-state index contributed by atoms with van der Waals surface area (Å²) < 4.78 is 10.8. The normalized spacial score (nSPS) is 12.7. The minimum atomic E-state index is 0.812. The van der Waals surface area contributed by atoms with E-state index in [0.717, 1.165) is 49.7 Å². The molecule has 27 heavy (non-hydrogen) atoms. The Morgan fingerprint density at radius 1 is 0.889 bits per heavy atom. The van der Waals surface area contributed by atoms with E-state index in [-0.39, 0.29) is 0 Å². The van der Waals surface area contributed by atoms with Crippen LogP contribution in [0.1, 0.15) is 44.4 Å². The standard InChI is InChI=1S/C19H24N2O2.2C2H6/c1-22-18-11-15-8-10-21(13-16(15)12-19(18)23-2)9-7-14-3-5-17(20)6-4-14;2*1-2/h3-6,11-12H,7-10,13,20H2,1-2H3;2*1-2H3. The highest BCUT2D eigenvalue weighted by molar-refractivity contribution is 5.48. The van der Waals surface area contributed by atoms with Gasteiger partial charge in [0.2, 0.25) is 0 Å². The third kappa shape index (κ3) is 6.47. The van der Waals surface area contributed by atoms with Crippen LogP contribution in [0.3, 0.4) is 0 Å². The quantitative estimate of drug-likeness (QED) is 0.755. The van der Waals surface area contributed by atoms with E-state index in [1.54, 1.807) is 14.2 Å². The molecule has 0 amide bonds. The molecular weight excluding hydrogens is 336 g/mol. The molecule has 0 radical (unpaired) electrons. The van der Waals surface area contributed by atoms with Crippen LogP contribution in [0.5, 0.6) is 11.5 Å². The first-order chi connectivity index (χ1) is 13.2. The third-order valence-electron chi connectivity index (χ3n) is 4.49. The van der Waals surface area contributed by atoms with E-state index in [2.05, 4.69) is 29.2 Å². The van der Waals surface area contributed by atoms with Gasteiger partial charge in [-0.15, -0.1) is 0 Å². The summed E-state index contributed by atoms with van der Waals surface area (Å²) in [4.78, 5) is 2.49. The molecular formula is C23H36N2O2. The summed E-state index contributed by atoms with van der Waals surface area (Å²) in [6.45, 7) is 11.1. The van der Waals surface area contributed by atoms with Gasteiger partial charge in [-0.25, -0.2) is 0 Å².